The SMILES string of the molecule is CCCCCCCCCCC[C@@H](C)CC(CCCCCCC)CCCCC(C)CCOCCCCCCCCC[C@H](C)CCC. The van der Waals surface area contributed by atoms with Crippen LogP contribution in [0.25, 0.3) is 0 Å². The van der Waals surface area contributed by atoms with Crippen molar-refractivity contribution in [3.63, 3.8) is 0 Å². The molecule has 0 amide bonds. The first-order chi connectivity index (χ1) is 22.0. The fourth-order valence-electron chi connectivity index (χ4n) is 7.58. The molecule has 0 N–H and O–H groups in total. The molecule has 0 aromatic rings. The van der Waals surface area contributed by atoms with Gasteiger partial charge in [-0.3, -0.25) is 0 Å². The molecule has 0 fully saturated rings. The van der Waals surface area contributed by atoms with E-state index < -0.39 is 0 Å². The van der Waals surface area contributed by atoms with Crippen molar-refractivity contribution < 1.29 is 4.74 Å². The van der Waals surface area contributed by atoms with Gasteiger partial charge in [-0.05, 0) is 42.9 Å². The summed E-state index contributed by atoms with van der Waals surface area (Å²) in [4.78, 5) is 0. The molecule has 0 saturated heterocycles. The summed E-state index contributed by atoms with van der Waals surface area (Å²) in [5.74, 6) is 3.67. The van der Waals surface area contributed by atoms with E-state index in [0.29, 0.717) is 0 Å². The molecular weight excluding hydrogens is 544 g/mol. The van der Waals surface area contributed by atoms with Crippen molar-refractivity contribution in [1.82, 2.24) is 0 Å². The summed E-state index contributed by atoms with van der Waals surface area (Å²) in [5, 5.41) is 0. The third-order valence-electron chi connectivity index (χ3n) is 10.8. The maximum absolute atomic E-state index is 6.03. The smallest absolute Gasteiger partial charge is 0.0468 e. The first-order valence-corrected chi connectivity index (χ1v) is 21.6. The van der Waals surface area contributed by atoms with Crippen LogP contribution >= 0.6 is 0 Å². The number of hydrogen-bond donors (Lipinski definition) is 0. The Balaban J connectivity index is 3.89. The molecule has 0 saturated carbocycles. The fourth-order valence-corrected chi connectivity index (χ4v) is 7.58. The minimum atomic E-state index is 0.822. The zero-order valence-corrected chi connectivity index (χ0v) is 32.8. The van der Waals surface area contributed by atoms with Crippen LogP contribution in [0, 0.1) is 23.7 Å². The quantitative estimate of drug-likeness (QED) is 0.0614. The summed E-state index contributed by atoms with van der Waals surface area (Å²) < 4.78 is 6.03. The summed E-state index contributed by atoms with van der Waals surface area (Å²) in [7, 11) is 0. The summed E-state index contributed by atoms with van der Waals surface area (Å²) in [6.45, 7) is 16.4. The van der Waals surface area contributed by atoms with E-state index in [1.807, 2.05) is 0 Å². The topological polar surface area (TPSA) is 9.23 Å². The van der Waals surface area contributed by atoms with Crippen molar-refractivity contribution in [3.05, 3.63) is 0 Å². The van der Waals surface area contributed by atoms with Crippen LogP contribution < -0.4 is 0 Å². The van der Waals surface area contributed by atoms with E-state index in [4.69, 9.17) is 4.74 Å². The third kappa shape index (κ3) is 35.1. The van der Waals surface area contributed by atoms with E-state index in [0.717, 1.165) is 36.9 Å². The van der Waals surface area contributed by atoms with Gasteiger partial charge in [0, 0.05) is 13.2 Å². The highest BCUT2D eigenvalue weighted by atomic mass is 16.5. The molecule has 272 valence electrons. The van der Waals surface area contributed by atoms with Gasteiger partial charge in [0.05, 0.1) is 0 Å². The van der Waals surface area contributed by atoms with Gasteiger partial charge in [-0.2, -0.15) is 0 Å². The predicted octanol–water partition coefficient (Wildman–Crippen LogP) is 16.1. The molecule has 0 aliphatic carbocycles. The maximum Gasteiger partial charge on any atom is 0.0468 e. The van der Waals surface area contributed by atoms with E-state index >= 15 is 0 Å². The summed E-state index contributed by atoms with van der Waals surface area (Å²) >= 11 is 0. The highest BCUT2D eigenvalue weighted by Crippen LogP contribution is 2.28. The van der Waals surface area contributed by atoms with Crippen molar-refractivity contribution in [3.8, 4) is 0 Å². The molecule has 4 atom stereocenters. The lowest BCUT2D eigenvalue weighted by atomic mass is 9.84. The number of unbranched alkanes of at least 4 members (excludes halogenated alkanes) is 19. The maximum atomic E-state index is 6.03. The van der Waals surface area contributed by atoms with Gasteiger partial charge in [-0.1, -0.05) is 228 Å². The van der Waals surface area contributed by atoms with Crippen LogP contribution in [0.3, 0.4) is 0 Å². The van der Waals surface area contributed by atoms with Crippen LogP contribution in [-0.4, -0.2) is 13.2 Å². The van der Waals surface area contributed by atoms with E-state index in [-0.39, 0.29) is 0 Å². The Morgan fingerprint density at radius 3 is 1.20 bits per heavy atom. The molecule has 1 nitrogen and oxygen atoms in total. The lowest BCUT2D eigenvalue weighted by Gasteiger charge is -2.22. The molecule has 0 bridgehead atoms. The molecular formula is C44H90O. The minimum absolute atomic E-state index is 0.822. The Morgan fingerprint density at radius 1 is 0.311 bits per heavy atom. The summed E-state index contributed by atoms with van der Waals surface area (Å²) in [6, 6.07) is 0. The second kappa shape index (κ2) is 36.8. The Kier molecular flexibility index (Phi) is 36.8. The molecule has 0 radical (unpaired) electrons. The molecule has 45 heavy (non-hydrogen) atoms. The first-order valence-electron chi connectivity index (χ1n) is 21.6. The normalized spacial score (nSPS) is 14.5. The number of rotatable bonds is 38. The van der Waals surface area contributed by atoms with Crippen molar-refractivity contribution in [1.29, 1.82) is 0 Å². The van der Waals surface area contributed by atoms with Crippen molar-refractivity contribution >= 4 is 0 Å². The number of hydrogen-bond acceptors (Lipinski definition) is 1. The molecule has 0 rings (SSSR count). The average Bonchev–Trinajstić information content (AvgIpc) is 3.02. The second-order valence-electron chi connectivity index (χ2n) is 16.0. The van der Waals surface area contributed by atoms with E-state index in [2.05, 4.69) is 41.5 Å². The van der Waals surface area contributed by atoms with Gasteiger partial charge in [0.15, 0.2) is 0 Å². The standard InChI is InChI=1S/C44H90O/c1-7-10-12-14-15-16-18-23-26-34-43(6)40-44(35-27-21-13-11-8-2)36-29-28-33-42(5)37-39-45-38-30-24-20-17-19-22-25-32-41(4)31-9-3/h41-44H,7-40H2,1-6H3/t41-,42?,43-,44?/m1/s1. The van der Waals surface area contributed by atoms with E-state index in [1.165, 1.54) is 205 Å². The lowest BCUT2D eigenvalue weighted by Crippen LogP contribution is -2.08. The van der Waals surface area contributed by atoms with Crippen LogP contribution in [0.15, 0.2) is 0 Å². The Morgan fingerprint density at radius 2 is 0.689 bits per heavy atom. The minimum Gasteiger partial charge on any atom is -0.381 e. The molecule has 1 heteroatoms. The zero-order valence-electron chi connectivity index (χ0n) is 32.8. The van der Waals surface area contributed by atoms with Gasteiger partial charge in [0.25, 0.3) is 0 Å². The van der Waals surface area contributed by atoms with Gasteiger partial charge in [0.2, 0.25) is 0 Å². The van der Waals surface area contributed by atoms with Gasteiger partial charge in [-0.25, -0.2) is 0 Å². The fraction of sp³-hybridized carbons (Fsp3) is 1.00. The van der Waals surface area contributed by atoms with Crippen molar-refractivity contribution in [2.75, 3.05) is 13.2 Å². The number of ether oxygens (including phenoxy) is 1. The van der Waals surface area contributed by atoms with E-state index in [9.17, 15) is 0 Å². The highest BCUT2D eigenvalue weighted by molar-refractivity contribution is 4.67. The third-order valence-corrected chi connectivity index (χ3v) is 10.8. The zero-order chi connectivity index (χ0) is 33.1. The van der Waals surface area contributed by atoms with Crippen LogP contribution in [0.2, 0.25) is 0 Å². The molecule has 0 aliphatic rings. The predicted molar refractivity (Wildman–Crippen MR) is 207 cm³/mol. The van der Waals surface area contributed by atoms with Crippen LogP contribution in [0.1, 0.15) is 247 Å². The van der Waals surface area contributed by atoms with Crippen LogP contribution in [-0.2, 0) is 4.74 Å². The van der Waals surface area contributed by atoms with E-state index in [1.54, 1.807) is 0 Å². The van der Waals surface area contributed by atoms with Crippen LogP contribution in [0.4, 0.5) is 0 Å². The average molecular weight is 635 g/mol. The Hall–Kier alpha value is -0.0400. The molecule has 0 aromatic carbocycles. The van der Waals surface area contributed by atoms with Gasteiger partial charge in [-0.15, -0.1) is 0 Å². The van der Waals surface area contributed by atoms with Gasteiger partial charge >= 0.3 is 0 Å². The molecule has 0 aliphatic heterocycles. The van der Waals surface area contributed by atoms with Gasteiger partial charge < -0.3 is 4.74 Å². The second-order valence-corrected chi connectivity index (χ2v) is 16.0. The Bertz CT molecular complexity index is 529. The highest BCUT2D eigenvalue weighted by Gasteiger charge is 2.14. The molecule has 0 aromatic heterocycles. The first kappa shape index (κ1) is 45.0. The monoisotopic (exact) mass is 635 g/mol. The molecule has 2 unspecified atom stereocenters. The molecule has 0 heterocycles. The van der Waals surface area contributed by atoms with Crippen molar-refractivity contribution in [2.45, 2.75) is 247 Å². The molecule has 0 spiro atoms. The van der Waals surface area contributed by atoms with Gasteiger partial charge in [0.1, 0.15) is 0 Å². The summed E-state index contributed by atoms with van der Waals surface area (Å²) in [6.07, 6.45) is 45.7. The van der Waals surface area contributed by atoms with Crippen LogP contribution in [0.5, 0.6) is 0 Å². The lowest BCUT2D eigenvalue weighted by molar-refractivity contribution is 0.116. The summed E-state index contributed by atoms with van der Waals surface area (Å²) in [5.41, 5.74) is 0. The van der Waals surface area contributed by atoms with Crippen molar-refractivity contribution in [2.24, 2.45) is 23.7 Å². The Labute approximate surface area is 288 Å². The largest absolute Gasteiger partial charge is 0.381 e.